The van der Waals surface area contributed by atoms with Gasteiger partial charge in [-0.25, -0.2) is 4.39 Å². The van der Waals surface area contributed by atoms with Crippen molar-refractivity contribution in [1.82, 2.24) is 14.8 Å². The lowest BCUT2D eigenvalue weighted by Gasteiger charge is -2.40. The molecule has 2 heterocycles. The summed E-state index contributed by atoms with van der Waals surface area (Å²) in [7, 11) is 0. The molecular formula is C21H21ClFN3O. The lowest BCUT2D eigenvalue weighted by atomic mass is 10.1. The molecule has 0 aliphatic carbocycles. The number of rotatable bonds is 3. The number of fused-ring (bicyclic) bond motifs is 1. The van der Waals surface area contributed by atoms with E-state index >= 15 is 0 Å². The molecule has 3 aromatic rings. The first-order valence-corrected chi connectivity index (χ1v) is 9.43. The summed E-state index contributed by atoms with van der Waals surface area (Å²) >= 11 is 6.36. The number of piperazine rings is 1. The van der Waals surface area contributed by atoms with Gasteiger partial charge in [-0.3, -0.25) is 9.69 Å². The molecule has 4 rings (SSSR count). The van der Waals surface area contributed by atoms with Crippen LogP contribution in [-0.4, -0.2) is 46.4 Å². The summed E-state index contributed by atoms with van der Waals surface area (Å²) in [4.78, 5) is 20.4. The highest BCUT2D eigenvalue weighted by atomic mass is 35.5. The van der Waals surface area contributed by atoms with Crippen LogP contribution in [0.1, 0.15) is 22.8 Å². The van der Waals surface area contributed by atoms with E-state index in [1.807, 2.05) is 35.4 Å². The standard InChI is InChI=1S/C21H21ClFN3O/c1-14-12-25(13-15-2-4-17(23)5-3-15)8-9-26(14)21(27)18-10-16-6-7-24-20(16)11-19(18)22/h2-7,10-11,14,24H,8-9,12-13H2,1H3/t14-/m1/s1. The molecule has 6 heteroatoms. The number of hydrogen-bond donors (Lipinski definition) is 1. The summed E-state index contributed by atoms with van der Waals surface area (Å²) in [5, 5.41) is 1.45. The van der Waals surface area contributed by atoms with E-state index in [2.05, 4.69) is 16.8 Å². The Balaban J connectivity index is 1.46. The van der Waals surface area contributed by atoms with E-state index in [-0.39, 0.29) is 17.8 Å². The summed E-state index contributed by atoms with van der Waals surface area (Å²) in [5.74, 6) is -0.254. The second-order valence-electron chi connectivity index (χ2n) is 7.11. The molecule has 1 aromatic heterocycles. The van der Waals surface area contributed by atoms with Gasteiger partial charge in [0.25, 0.3) is 5.91 Å². The fraction of sp³-hybridized carbons (Fsp3) is 0.286. The van der Waals surface area contributed by atoms with Gasteiger partial charge in [-0.1, -0.05) is 23.7 Å². The van der Waals surface area contributed by atoms with Gasteiger partial charge < -0.3 is 9.88 Å². The maximum atomic E-state index is 13.1. The van der Waals surface area contributed by atoms with Gasteiger partial charge in [0.15, 0.2) is 0 Å². The van der Waals surface area contributed by atoms with Gasteiger partial charge in [0.2, 0.25) is 0 Å². The van der Waals surface area contributed by atoms with Crippen molar-refractivity contribution < 1.29 is 9.18 Å². The lowest BCUT2D eigenvalue weighted by molar-refractivity contribution is 0.0476. The zero-order valence-electron chi connectivity index (χ0n) is 15.1. The maximum absolute atomic E-state index is 13.1. The summed E-state index contributed by atoms with van der Waals surface area (Å²) in [6.45, 7) is 4.99. The molecule has 1 fully saturated rings. The van der Waals surface area contributed by atoms with Gasteiger partial charge in [-0.2, -0.15) is 0 Å². The van der Waals surface area contributed by atoms with E-state index in [9.17, 15) is 9.18 Å². The van der Waals surface area contributed by atoms with E-state index in [0.29, 0.717) is 17.1 Å². The molecule has 2 aromatic carbocycles. The lowest BCUT2D eigenvalue weighted by Crippen LogP contribution is -2.53. The van der Waals surface area contributed by atoms with Crippen LogP contribution in [0.15, 0.2) is 48.7 Å². The topological polar surface area (TPSA) is 39.3 Å². The van der Waals surface area contributed by atoms with Crippen LogP contribution in [0.2, 0.25) is 5.02 Å². The second-order valence-corrected chi connectivity index (χ2v) is 7.51. The van der Waals surface area contributed by atoms with E-state index in [1.165, 1.54) is 12.1 Å². The molecule has 4 nitrogen and oxygen atoms in total. The number of aromatic amines is 1. The van der Waals surface area contributed by atoms with Crippen LogP contribution < -0.4 is 0 Å². The van der Waals surface area contributed by atoms with Gasteiger partial charge in [0, 0.05) is 49.3 Å². The molecule has 0 radical (unpaired) electrons. The summed E-state index contributed by atoms with van der Waals surface area (Å²) < 4.78 is 13.1. The minimum absolute atomic E-state index is 0.0305. The highest BCUT2D eigenvalue weighted by Gasteiger charge is 2.29. The monoisotopic (exact) mass is 385 g/mol. The van der Waals surface area contributed by atoms with Crippen molar-refractivity contribution in [2.75, 3.05) is 19.6 Å². The predicted octanol–water partition coefficient (Wildman–Crippen LogP) is 4.31. The van der Waals surface area contributed by atoms with Gasteiger partial charge in [0.1, 0.15) is 5.82 Å². The third-order valence-corrected chi connectivity index (χ3v) is 5.48. The number of benzene rings is 2. The third kappa shape index (κ3) is 3.70. The van der Waals surface area contributed by atoms with E-state index in [4.69, 9.17) is 11.6 Å². The number of halogens is 2. The van der Waals surface area contributed by atoms with Gasteiger partial charge in [-0.15, -0.1) is 0 Å². The molecule has 0 unspecified atom stereocenters. The highest BCUT2D eigenvalue weighted by Crippen LogP contribution is 2.26. The number of carbonyl (C=O) groups is 1. The molecule has 0 spiro atoms. The first kappa shape index (κ1) is 18.0. The molecular weight excluding hydrogens is 365 g/mol. The van der Waals surface area contributed by atoms with Crippen molar-refractivity contribution in [1.29, 1.82) is 0 Å². The Morgan fingerprint density at radius 3 is 2.74 bits per heavy atom. The van der Waals surface area contributed by atoms with Crippen LogP contribution in [0, 0.1) is 5.82 Å². The van der Waals surface area contributed by atoms with E-state index in [0.717, 1.165) is 36.1 Å². The fourth-order valence-corrected chi connectivity index (χ4v) is 3.96. The maximum Gasteiger partial charge on any atom is 0.255 e. The molecule has 0 bridgehead atoms. The number of H-pyrrole nitrogens is 1. The minimum atomic E-state index is -0.223. The average Bonchev–Trinajstić information content (AvgIpc) is 3.10. The Bertz CT molecular complexity index is 969. The van der Waals surface area contributed by atoms with E-state index < -0.39 is 0 Å². The van der Waals surface area contributed by atoms with Crippen LogP contribution in [0.25, 0.3) is 10.9 Å². The molecule has 1 atom stereocenters. The quantitative estimate of drug-likeness (QED) is 0.729. The van der Waals surface area contributed by atoms with Crippen LogP contribution in [0.4, 0.5) is 4.39 Å². The Morgan fingerprint density at radius 2 is 2.00 bits per heavy atom. The molecule has 27 heavy (non-hydrogen) atoms. The molecule has 1 amide bonds. The fourth-order valence-electron chi connectivity index (χ4n) is 3.72. The van der Waals surface area contributed by atoms with Crippen molar-refractivity contribution >= 4 is 28.4 Å². The number of amides is 1. The molecule has 1 aliphatic rings. The van der Waals surface area contributed by atoms with Crippen LogP contribution in [0.5, 0.6) is 0 Å². The average molecular weight is 386 g/mol. The SMILES string of the molecule is C[C@@H]1CN(Cc2ccc(F)cc2)CCN1C(=O)c1cc2cc[nH]c2cc1Cl. The zero-order valence-corrected chi connectivity index (χ0v) is 15.8. The number of aromatic nitrogens is 1. The first-order chi connectivity index (χ1) is 13.0. The largest absolute Gasteiger partial charge is 0.361 e. The Kier molecular flexibility index (Phi) is 4.89. The Morgan fingerprint density at radius 1 is 1.22 bits per heavy atom. The van der Waals surface area contributed by atoms with Crippen molar-refractivity contribution in [3.8, 4) is 0 Å². The molecule has 140 valence electrons. The normalized spacial score (nSPS) is 18.2. The molecule has 1 aliphatic heterocycles. The van der Waals surface area contributed by atoms with Crippen LogP contribution in [0.3, 0.4) is 0 Å². The first-order valence-electron chi connectivity index (χ1n) is 9.05. The number of nitrogens with one attached hydrogen (secondary N) is 1. The van der Waals surface area contributed by atoms with Crippen molar-refractivity contribution in [2.45, 2.75) is 19.5 Å². The van der Waals surface area contributed by atoms with Crippen molar-refractivity contribution in [2.24, 2.45) is 0 Å². The summed E-state index contributed by atoms with van der Waals surface area (Å²) in [6, 6.07) is 12.3. The molecule has 0 saturated carbocycles. The number of carbonyl (C=O) groups excluding carboxylic acids is 1. The van der Waals surface area contributed by atoms with Gasteiger partial charge in [0.05, 0.1) is 10.6 Å². The number of nitrogens with zero attached hydrogens (tertiary/aromatic N) is 2. The Labute approximate surface area is 162 Å². The van der Waals surface area contributed by atoms with E-state index in [1.54, 1.807) is 6.07 Å². The predicted molar refractivity (Wildman–Crippen MR) is 105 cm³/mol. The zero-order chi connectivity index (χ0) is 19.0. The molecule has 1 N–H and O–H groups in total. The van der Waals surface area contributed by atoms with Crippen molar-refractivity contribution in [3.63, 3.8) is 0 Å². The molecule has 1 saturated heterocycles. The highest BCUT2D eigenvalue weighted by molar-refractivity contribution is 6.34. The van der Waals surface area contributed by atoms with Crippen LogP contribution in [-0.2, 0) is 6.54 Å². The summed E-state index contributed by atoms with van der Waals surface area (Å²) in [5.41, 5.74) is 2.54. The third-order valence-electron chi connectivity index (χ3n) is 5.16. The van der Waals surface area contributed by atoms with Gasteiger partial charge >= 0.3 is 0 Å². The van der Waals surface area contributed by atoms with Gasteiger partial charge in [-0.05, 0) is 42.8 Å². The Hall–Kier alpha value is -2.37. The minimum Gasteiger partial charge on any atom is -0.361 e. The number of hydrogen-bond acceptors (Lipinski definition) is 2. The van der Waals surface area contributed by atoms with Crippen LogP contribution >= 0.6 is 11.6 Å². The smallest absolute Gasteiger partial charge is 0.255 e. The van der Waals surface area contributed by atoms with Crippen molar-refractivity contribution in [3.05, 3.63) is 70.6 Å². The summed E-state index contributed by atoms with van der Waals surface area (Å²) in [6.07, 6.45) is 1.84. The second kappa shape index (κ2) is 7.33.